The number of pyridine rings is 1. The van der Waals surface area contributed by atoms with E-state index in [0.717, 1.165) is 36.0 Å². The van der Waals surface area contributed by atoms with E-state index >= 15 is 0 Å². The summed E-state index contributed by atoms with van der Waals surface area (Å²) in [5.41, 5.74) is 0.989. The number of amides is 1. The van der Waals surface area contributed by atoms with Crippen molar-refractivity contribution in [2.45, 2.75) is 39.2 Å². The minimum absolute atomic E-state index is 0.122. The number of hydrogen-bond donors (Lipinski definition) is 1. The smallest absolute Gasteiger partial charge is 0.223 e. The number of rotatable bonds is 5. The third-order valence-corrected chi connectivity index (χ3v) is 4.70. The molecule has 1 fully saturated rings. The van der Waals surface area contributed by atoms with Gasteiger partial charge in [-0.15, -0.1) is 11.3 Å². The first kappa shape index (κ1) is 15.9. The van der Waals surface area contributed by atoms with E-state index < -0.39 is 0 Å². The topological polar surface area (TPSA) is 58.1 Å². The average molecular weight is 330 g/mol. The van der Waals surface area contributed by atoms with E-state index in [-0.39, 0.29) is 11.9 Å². The first-order chi connectivity index (χ1) is 11.1. The Hall–Kier alpha value is -1.95. The van der Waals surface area contributed by atoms with Gasteiger partial charge >= 0.3 is 0 Å². The highest BCUT2D eigenvalue weighted by molar-refractivity contribution is 7.13. The van der Waals surface area contributed by atoms with Gasteiger partial charge in [0.1, 0.15) is 5.82 Å². The van der Waals surface area contributed by atoms with Crippen LogP contribution in [-0.2, 0) is 4.79 Å². The summed E-state index contributed by atoms with van der Waals surface area (Å²) >= 11 is 1.56. The summed E-state index contributed by atoms with van der Waals surface area (Å²) in [6, 6.07) is 5.86. The van der Waals surface area contributed by atoms with Crippen LogP contribution < -0.4 is 5.32 Å². The molecule has 5 nitrogen and oxygen atoms in total. The highest BCUT2D eigenvalue weighted by Gasteiger charge is 2.31. The number of carbonyl (C=O) groups excluding carboxylic acids is 1. The molecular weight excluding hydrogens is 308 g/mol. The van der Waals surface area contributed by atoms with Gasteiger partial charge in [0, 0.05) is 24.5 Å². The first-order valence-electron chi connectivity index (χ1n) is 8.06. The Morgan fingerprint density at radius 3 is 3.09 bits per heavy atom. The normalized spacial score (nSPS) is 17.7. The average Bonchev–Trinajstić information content (AvgIpc) is 3.16. The van der Waals surface area contributed by atoms with E-state index in [9.17, 15) is 4.79 Å². The van der Waals surface area contributed by atoms with Crippen molar-refractivity contribution < 1.29 is 4.79 Å². The molecule has 6 heteroatoms. The number of anilines is 2. The highest BCUT2D eigenvalue weighted by Crippen LogP contribution is 2.34. The largest absolute Gasteiger partial charge is 0.334 e. The van der Waals surface area contributed by atoms with E-state index in [1.54, 1.807) is 17.5 Å². The van der Waals surface area contributed by atoms with E-state index in [2.05, 4.69) is 34.5 Å². The summed E-state index contributed by atoms with van der Waals surface area (Å²) in [5.74, 6) is 1.42. The summed E-state index contributed by atoms with van der Waals surface area (Å²) in [5, 5.41) is 6.09. The molecule has 0 aliphatic carbocycles. The van der Waals surface area contributed by atoms with E-state index in [4.69, 9.17) is 0 Å². The van der Waals surface area contributed by atoms with Crippen LogP contribution in [0.3, 0.4) is 0 Å². The molecular formula is C17H22N4OS. The van der Waals surface area contributed by atoms with Crippen LogP contribution in [0.25, 0.3) is 0 Å². The maximum Gasteiger partial charge on any atom is 0.223 e. The SMILES string of the molecule is CC(C)CC(=O)N1CCC[C@@H]1c1csc(Nc2ccccn2)n1. The minimum atomic E-state index is 0.122. The van der Waals surface area contributed by atoms with Crippen molar-refractivity contribution in [3.05, 3.63) is 35.5 Å². The molecule has 1 atom stereocenters. The van der Waals surface area contributed by atoms with E-state index in [1.165, 1.54) is 0 Å². The van der Waals surface area contributed by atoms with E-state index in [0.29, 0.717) is 12.3 Å². The molecule has 0 unspecified atom stereocenters. The zero-order valence-electron chi connectivity index (χ0n) is 13.5. The van der Waals surface area contributed by atoms with Crippen molar-refractivity contribution in [1.29, 1.82) is 0 Å². The van der Waals surface area contributed by atoms with Gasteiger partial charge < -0.3 is 10.2 Å². The second-order valence-electron chi connectivity index (χ2n) is 6.26. The predicted molar refractivity (Wildman–Crippen MR) is 92.8 cm³/mol. The number of nitrogens with one attached hydrogen (secondary N) is 1. The Bertz CT molecular complexity index is 656. The Kier molecular flexibility index (Phi) is 4.91. The van der Waals surface area contributed by atoms with Crippen LogP contribution in [0.5, 0.6) is 0 Å². The van der Waals surface area contributed by atoms with Crippen molar-refractivity contribution in [2.24, 2.45) is 5.92 Å². The molecule has 0 bridgehead atoms. The molecule has 0 aromatic carbocycles. The van der Waals surface area contributed by atoms with Crippen molar-refractivity contribution in [3.63, 3.8) is 0 Å². The number of likely N-dealkylation sites (tertiary alicyclic amines) is 1. The van der Waals surface area contributed by atoms with Gasteiger partial charge in [0.2, 0.25) is 5.91 Å². The molecule has 3 heterocycles. The van der Waals surface area contributed by atoms with Gasteiger partial charge in [0.25, 0.3) is 0 Å². The molecule has 0 radical (unpaired) electrons. The van der Waals surface area contributed by atoms with Crippen LogP contribution in [-0.4, -0.2) is 27.3 Å². The first-order valence-corrected chi connectivity index (χ1v) is 8.94. The number of thiazole rings is 1. The second-order valence-corrected chi connectivity index (χ2v) is 7.12. The third kappa shape index (κ3) is 3.88. The van der Waals surface area contributed by atoms with Crippen LogP contribution in [0, 0.1) is 5.92 Å². The van der Waals surface area contributed by atoms with Crippen LogP contribution in [0.2, 0.25) is 0 Å². The van der Waals surface area contributed by atoms with Crippen LogP contribution >= 0.6 is 11.3 Å². The maximum absolute atomic E-state index is 12.4. The van der Waals surface area contributed by atoms with Gasteiger partial charge in [-0.05, 0) is 30.9 Å². The predicted octanol–water partition coefficient (Wildman–Crippen LogP) is 3.99. The minimum Gasteiger partial charge on any atom is -0.334 e. The van der Waals surface area contributed by atoms with Gasteiger partial charge in [-0.25, -0.2) is 9.97 Å². The summed E-state index contributed by atoms with van der Waals surface area (Å²) in [7, 11) is 0. The monoisotopic (exact) mass is 330 g/mol. The van der Waals surface area contributed by atoms with Crippen molar-refractivity contribution in [3.8, 4) is 0 Å². The standard InChI is InChI=1S/C17H22N4OS/c1-12(2)10-16(22)21-9-5-6-14(21)13-11-23-17(19-13)20-15-7-3-4-8-18-15/h3-4,7-8,11-12,14H,5-6,9-10H2,1-2H3,(H,18,19,20)/t14-/m1/s1. The lowest BCUT2D eigenvalue weighted by molar-refractivity contribution is -0.133. The molecule has 2 aromatic rings. The molecule has 0 spiro atoms. The van der Waals surface area contributed by atoms with Gasteiger partial charge in [-0.2, -0.15) is 0 Å². The fraction of sp³-hybridized carbons (Fsp3) is 0.471. The Morgan fingerprint density at radius 1 is 1.48 bits per heavy atom. The fourth-order valence-corrected chi connectivity index (χ4v) is 3.65. The van der Waals surface area contributed by atoms with Crippen molar-refractivity contribution in [1.82, 2.24) is 14.9 Å². The summed E-state index contributed by atoms with van der Waals surface area (Å²) in [6.07, 6.45) is 4.41. The lowest BCUT2D eigenvalue weighted by Gasteiger charge is -2.24. The number of aromatic nitrogens is 2. The number of nitrogens with zero attached hydrogens (tertiary/aromatic N) is 3. The Morgan fingerprint density at radius 2 is 2.35 bits per heavy atom. The summed E-state index contributed by atoms with van der Waals surface area (Å²) < 4.78 is 0. The zero-order valence-corrected chi connectivity index (χ0v) is 14.3. The molecule has 1 saturated heterocycles. The number of carbonyl (C=O) groups is 1. The van der Waals surface area contributed by atoms with E-state index in [1.807, 2.05) is 23.1 Å². The molecule has 2 aromatic heterocycles. The van der Waals surface area contributed by atoms with Crippen molar-refractivity contribution in [2.75, 3.05) is 11.9 Å². The van der Waals surface area contributed by atoms with Gasteiger partial charge in [-0.1, -0.05) is 19.9 Å². The third-order valence-electron chi connectivity index (χ3n) is 3.92. The molecule has 23 heavy (non-hydrogen) atoms. The zero-order chi connectivity index (χ0) is 16.2. The quantitative estimate of drug-likeness (QED) is 0.900. The highest BCUT2D eigenvalue weighted by atomic mass is 32.1. The fourth-order valence-electron chi connectivity index (χ4n) is 2.88. The summed E-state index contributed by atoms with van der Waals surface area (Å²) in [4.78, 5) is 23.3. The van der Waals surface area contributed by atoms with Gasteiger partial charge in [-0.3, -0.25) is 4.79 Å². The molecule has 3 rings (SSSR count). The molecule has 0 saturated carbocycles. The van der Waals surface area contributed by atoms with Crippen LogP contribution in [0.15, 0.2) is 29.8 Å². The molecule has 1 amide bonds. The molecule has 1 N–H and O–H groups in total. The molecule has 1 aliphatic rings. The molecule has 122 valence electrons. The Labute approximate surface area is 140 Å². The van der Waals surface area contributed by atoms with Crippen LogP contribution in [0.1, 0.15) is 44.8 Å². The Balaban J connectivity index is 1.70. The van der Waals surface area contributed by atoms with Crippen LogP contribution in [0.4, 0.5) is 10.9 Å². The van der Waals surface area contributed by atoms with Gasteiger partial charge in [0.15, 0.2) is 5.13 Å². The molecule has 1 aliphatic heterocycles. The lowest BCUT2D eigenvalue weighted by Crippen LogP contribution is -2.31. The second kappa shape index (κ2) is 7.08. The van der Waals surface area contributed by atoms with Crippen molar-refractivity contribution >= 4 is 28.2 Å². The lowest BCUT2D eigenvalue weighted by atomic mass is 10.1. The maximum atomic E-state index is 12.4. The number of hydrogen-bond acceptors (Lipinski definition) is 5. The van der Waals surface area contributed by atoms with Gasteiger partial charge in [0.05, 0.1) is 11.7 Å². The summed E-state index contributed by atoms with van der Waals surface area (Å²) in [6.45, 7) is 5.01.